The van der Waals surface area contributed by atoms with E-state index in [-0.39, 0.29) is 47.1 Å². The molecule has 5 nitrogen and oxygen atoms in total. The highest BCUT2D eigenvalue weighted by Gasteiger charge is 2.63. The molecule has 2 bridgehead atoms. The van der Waals surface area contributed by atoms with Crippen molar-refractivity contribution in [2.45, 2.75) is 38.2 Å². The normalized spacial score (nSPS) is 26.5. The maximum atomic E-state index is 13.0. The summed E-state index contributed by atoms with van der Waals surface area (Å²) in [6.07, 6.45) is 1.78. The number of esters is 1. The molecule has 0 aromatic heterocycles. The molecule has 178 valence electrons. The molecule has 1 N–H and O–H groups in total. The highest BCUT2D eigenvalue weighted by atomic mass is 16.6. The van der Waals surface area contributed by atoms with Gasteiger partial charge in [-0.05, 0) is 66.3 Å². The van der Waals surface area contributed by atoms with E-state index in [1.54, 1.807) is 0 Å². The fourth-order valence-corrected chi connectivity index (χ4v) is 6.29. The van der Waals surface area contributed by atoms with Gasteiger partial charge in [-0.2, -0.15) is 0 Å². The van der Waals surface area contributed by atoms with Crippen LogP contribution in [0.4, 0.5) is 5.69 Å². The smallest absolute Gasteiger partial charge is 0.310 e. The number of fused-ring (bicyclic) bond motifs is 1. The van der Waals surface area contributed by atoms with Crippen LogP contribution in [-0.2, 0) is 19.7 Å². The van der Waals surface area contributed by atoms with Crippen molar-refractivity contribution >= 4 is 17.6 Å². The van der Waals surface area contributed by atoms with E-state index in [1.807, 2.05) is 42.5 Å². The molecular formula is C30H29NO4. The summed E-state index contributed by atoms with van der Waals surface area (Å²) in [6.45, 7) is 4.44. The molecule has 1 heterocycles. The Kier molecular flexibility index (Phi) is 5.17. The van der Waals surface area contributed by atoms with E-state index in [9.17, 15) is 9.59 Å². The molecule has 0 spiro atoms. The molecule has 3 fully saturated rings. The van der Waals surface area contributed by atoms with Crippen molar-refractivity contribution in [3.63, 3.8) is 0 Å². The van der Waals surface area contributed by atoms with Crippen LogP contribution in [0.2, 0.25) is 0 Å². The SMILES string of the molecule is CC(C)(c1ccccc1)c1ccc(Oc2ccc(NC(=O)[C@H]3[C@H]4C[C@@H]5[C@@H]3C(=O)O[C@@H]5C4)cc2)cc1. The average molecular weight is 468 g/mol. The van der Waals surface area contributed by atoms with Crippen LogP contribution in [0, 0.1) is 23.7 Å². The van der Waals surface area contributed by atoms with Gasteiger partial charge in [0.05, 0.1) is 11.8 Å². The van der Waals surface area contributed by atoms with Crippen LogP contribution < -0.4 is 10.1 Å². The summed E-state index contributed by atoms with van der Waals surface area (Å²) in [6, 6.07) is 26.0. The van der Waals surface area contributed by atoms with Gasteiger partial charge in [0.2, 0.25) is 5.91 Å². The lowest BCUT2D eigenvalue weighted by molar-refractivity contribution is -0.145. The van der Waals surface area contributed by atoms with E-state index in [0.717, 1.165) is 18.6 Å². The van der Waals surface area contributed by atoms with Crippen LogP contribution >= 0.6 is 0 Å². The molecule has 2 aliphatic carbocycles. The number of rotatable bonds is 6. The molecule has 2 saturated carbocycles. The maximum absolute atomic E-state index is 13.0. The van der Waals surface area contributed by atoms with E-state index < -0.39 is 0 Å². The van der Waals surface area contributed by atoms with Crippen LogP contribution in [0.3, 0.4) is 0 Å². The standard InChI is InChI=1S/C30H29NO4/c1-30(2,19-6-4-3-5-7-19)20-8-12-22(13-9-20)34-23-14-10-21(11-15-23)31-28(32)26-18-16-24-25(17-18)35-29(33)27(24)26/h3-15,18,24-27H,16-17H2,1-2H3,(H,31,32)/t18-,24-,25+,26-,27-/m0/s1. The zero-order chi connectivity index (χ0) is 24.2. The van der Waals surface area contributed by atoms with Gasteiger partial charge < -0.3 is 14.8 Å². The topological polar surface area (TPSA) is 64.6 Å². The zero-order valence-electron chi connectivity index (χ0n) is 19.9. The molecule has 5 heteroatoms. The van der Waals surface area contributed by atoms with Crippen molar-refractivity contribution in [1.82, 2.24) is 0 Å². The Morgan fingerprint density at radius 3 is 2.20 bits per heavy atom. The Hall–Kier alpha value is -3.60. The molecule has 35 heavy (non-hydrogen) atoms. The minimum absolute atomic E-state index is 0.0384. The van der Waals surface area contributed by atoms with E-state index in [1.165, 1.54) is 11.1 Å². The Balaban J connectivity index is 1.09. The predicted molar refractivity (Wildman–Crippen MR) is 133 cm³/mol. The van der Waals surface area contributed by atoms with Gasteiger partial charge >= 0.3 is 5.97 Å². The van der Waals surface area contributed by atoms with Gasteiger partial charge in [-0.3, -0.25) is 9.59 Å². The Morgan fingerprint density at radius 1 is 0.886 bits per heavy atom. The van der Waals surface area contributed by atoms with Gasteiger partial charge in [0.15, 0.2) is 0 Å². The highest BCUT2D eigenvalue weighted by Crippen LogP contribution is 2.57. The number of amides is 1. The summed E-state index contributed by atoms with van der Waals surface area (Å²) < 4.78 is 11.5. The molecule has 3 aromatic rings. The maximum Gasteiger partial charge on any atom is 0.310 e. The number of ether oxygens (including phenoxy) is 2. The van der Waals surface area contributed by atoms with Gasteiger partial charge in [0.25, 0.3) is 0 Å². The molecule has 1 aliphatic heterocycles. The van der Waals surface area contributed by atoms with Crippen LogP contribution in [0.25, 0.3) is 0 Å². The average Bonchev–Trinajstić information content (AvgIpc) is 3.49. The molecule has 1 saturated heterocycles. The largest absolute Gasteiger partial charge is 0.462 e. The highest BCUT2D eigenvalue weighted by molar-refractivity contribution is 5.97. The Bertz CT molecular complexity index is 1250. The number of anilines is 1. The van der Waals surface area contributed by atoms with Gasteiger partial charge in [-0.1, -0.05) is 56.3 Å². The Morgan fingerprint density at radius 2 is 1.51 bits per heavy atom. The van der Waals surface area contributed by atoms with Crippen LogP contribution in [0.5, 0.6) is 11.5 Å². The molecule has 1 amide bonds. The first-order valence-corrected chi connectivity index (χ1v) is 12.4. The van der Waals surface area contributed by atoms with Crippen molar-refractivity contribution in [2.75, 3.05) is 5.32 Å². The van der Waals surface area contributed by atoms with Crippen LogP contribution in [0.1, 0.15) is 37.8 Å². The van der Waals surface area contributed by atoms with E-state index >= 15 is 0 Å². The molecule has 0 unspecified atom stereocenters. The number of carbonyl (C=O) groups is 2. The third kappa shape index (κ3) is 3.79. The molecular weight excluding hydrogens is 438 g/mol. The van der Waals surface area contributed by atoms with Crippen LogP contribution in [0.15, 0.2) is 78.9 Å². The second-order valence-corrected chi connectivity index (χ2v) is 10.6. The fourth-order valence-electron chi connectivity index (χ4n) is 6.29. The molecule has 3 aliphatic rings. The first-order valence-electron chi connectivity index (χ1n) is 12.4. The zero-order valence-corrected chi connectivity index (χ0v) is 19.9. The quantitative estimate of drug-likeness (QED) is 0.456. The van der Waals surface area contributed by atoms with E-state index in [2.05, 4.69) is 55.6 Å². The molecule has 6 rings (SSSR count). The molecule has 0 radical (unpaired) electrons. The first-order chi connectivity index (χ1) is 16.9. The van der Waals surface area contributed by atoms with E-state index in [4.69, 9.17) is 9.47 Å². The van der Waals surface area contributed by atoms with Crippen molar-refractivity contribution < 1.29 is 19.1 Å². The van der Waals surface area contributed by atoms with Crippen molar-refractivity contribution in [3.05, 3.63) is 90.0 Å². The second kappa shape index (κ2) is 8.26. The minimum atomic E-state index is -0.277. The lowest BCUT2D eigenvalue weighted by atomic mass is 9.78. The summed E-state index contributed by atoms with van der Waals surface area (Å²) in [4.78, 5) is 25.2. The third-order valence-corrected chi connectivity index (χ3v) is 8.22. The van der Waals surface area contributed by atoms with Crippen LogP contribution in [-0.4, -0.2) is 18.0 Å². The van der Waals surface area contributed by atoms with E-state index in [0.29, 0.717) is 11.4 Å². The summed E-state index contributed by atoms with van der Waals surface area (Å²) in [5.41, 5.74) is 3.08. The van der Waals surface area contributed by atoms with Crippen molar-refractivity contribution in [3.8, 4) is 11.5 Å². The monoisotopic (exact) mass is 467 g/mol. The Labute approximate surface area is 205 Å². The lowest BCUT2D eigenvalue weighted by Gasteiger charge is -2.26. The third-order valence-electron chi connectivity index (χ3n) is 8.22. The number of hydrogen-bond acceptors (Lipinski definition) is 4. The predicted octanol–water partition coefficient (Wildman–Crippen LogP) is 5.94. The summed E-state index contributed by atoms with van der Waals surface area (Å²) >= 11 is 0. The van der Waals surface area contributed by atoms with Gasteiger partial charge in [0, 0.05) is 17.0 Å². The second-order valence-electron chi connectivity index (χ2n) is 10.6. The lowest BCUT2D eigenvalue weighted by Crippen LogP contribution is -2.35. The first kappa shape index (κ1) is 21.9. The summed E-state index contributed by atoms with van der Waals surface area (Å²) in [7, 11) is 0. The van der Waals surface area contributed by atoms with Gasteiger partial charge in [-0.15, -0.1) is 0 Å². The molecule has 3 aromatic carbocycles. The number of benzene rings is 3. The summed E-state index contributed by atoms with van der Waals surface area (Å²) in [5.74, 6) is 1.11. The fraction of sp³-hybridized carbons (Fsp3) is 0.333. The minimum Gasteiger partial charge on any atom is -0.462 e. The van der Waals surface area contributed by atoms with Crippen molar-refractivity contribution in [2.24, 2.45) is 23.7 Å². The number of hydrogen-bond donors (Lipinski definition) is 1. The van der Waals surface area contributed by atoms with Crippen molar-refractivity contribution in [1.29, 1.82) is 0 Å². The molecule has 5 atom stereocenters. The number of carbonyl (C=O) groups excluding carboxylic acids is 2. The van der Waals surface area contributed by atoms with Gasteiger partial charge in [-0.25, -0.2) is 0 Å². The van der Waals surface area contributed by atoms with Gasteiger partial charge in [0.1, 0.15) is 17.6 Å². The summed E-state index contributed by atoms with van der Waals surface area (Å²) in [5, 5.41) is 3.00. The number of nitrogens with one attached hydrogen (secondary N) is 1.